The molecule has 94 valence electrons. The lowest BCUT2D eigenvalue weighted by atomic mass is 9.84. The maximum Gasteiger partial charge on any atom is 0.254 e. The molecular formula is C13H16N4O. The number of nitriles is 1. The average molecular weight is 244 g/mol. The van der Waals surface area contributed by atoms with E-state index in [2.05, 4.69) is 21.6 Å². The van der Waals surface area contributed by atoms with Gasteiger partial charge in [-0.15, -0.1) is 0 Å². The van der Waals surface area contributed by atoms with Crippen LogP contribution in [0.5, 0.6) is 0 Å². The molecule has 18 heavy (non-hydrogen) atoms. The second kappa shape index (κ2) is 6.10. The topological polar surface area (TPSA) is 78.7 Å². The van der Waals surface area contributed by atoms with Crippen LogP contribution in [0.15, 0.2) is 18.5 Å². The number of rotatable bonds is 3. The zero-order valence-corrected chi connectivity index (χ0v) is 10.2. The molecule has 1 heterocycles. The molecule has 0 radical (unpaired) electrons. The summed E-state index contributed by atoms with van der Waals surface area (Å²) in [6.45, 7) is 0. The Labute approximate surface area is 106 Å². The maximum atomic E-state index is 11.9. The monoisotopic (exact) mass is 244 g/mol. The standard InChI is InChI=1S/C13H16N4O/c14-8-12(10-4-2-1-3-5-10)17-13(18)11-6-7-15-16-9-11/h6-7,9-10,12H,1-5H2,(H,17,18). The first-order valence-electron chi connectivity index (χ1n) is 6.28. The molecule has 0 saturated heterocycles. The summed E-state index contributed by atoms with van der Waals surface area (Å²) in [5, 5.41) is 19.2. The fraction of sp³-hybridized carbons (Fsp3) is 0.538. The minimum absolute atomic E-state index is 0.248. The highest BCUT2D eigenvalue weighted by atomic mass is 16.1. The number of nitrogens with zero attached hydrogens (tertiary/aromatic N) is 3. The molecule has 1 amide bonds. The maximum absolute atomic E-state index is 11.9. The number of nitrogens with one attached hydrogen (secondary N) is 1. The normalized spacial score (nSPS) is 17.7. The zero-order valence-electron chi connectivity index (χ0n) is 10.2. The Morgan fingerprint density at radius 1 is 1.39 bits per heavy atom. The van der Waals surface area contributed by atoms with Crippen molar-refractivity contribution in [2.75, 3.05) is 0 Å². The molecule has 0 aliphatic heterocycles. The zero-order chi connectivity index (χ0) is 12.8. The van der Waals surface area contributed by atoms with Gasteiger partial charge in [0.25, 0.3) is 5.91 Å². The van der Waals surface area contributed by atoms with E-state index in [1.165, 1.54) is 18.8 Å². The molecule has 1 saturated carbocycles. The van der Waals surface area contributed by atoms with E-state index in [9.17, 15) is 10.1 Å². The number of hydrogen-bond donors (Lipinski definition) is 1. The van der Waals surface area contributed by atoms with Gasteiger partial charge in [-0.05, 0) is 24.8 Å². The summed E-state index contributed by atoms with van der Waals surface area (Å²) < 4.78 is 0. The van der Waals surface area contributed by atoms with Crippen LogP contribution < -0.4 is 5.32 Å². The highest BCUT2D eigenvalue weighted by molar-refractivity contribution is 5.94. The van der Waals surface area contributed by atoms with Crippen molar-refractivity contribution in [1.29, 1.82) is 5.26 Å². The molecule has 5 heteroatoms. The first-order chi connectivity index (χ1) is 8.81. The van der Waals surface area contributed by atoms with E-state index in [1.807, 2.05) is 0 Å². The molecule has 1 aliphatic rings. The van der Waals surface area contributed by atoms with Crippen LogP contribution in [-0.4, -0.2) is 22.1 Å². The van der Waals surface area contributed by atoms with E-state index in [0.29, 0.717) is 5.56 Å². The lowest BCUT2D eigenvalue weighted by molar-refractivity contribution is 0.0928. The average Bonchev–Trinajstić information content (AvgIpc) is 2.46. The molecule has 1 aromatic heterocycles. The SMILES string of the molecule is N#CC(NC(=O)c1ccnnc1)C1CCCCC1. The van der Waals surface area contributed by atoms with Gasteiger partial charge in [-0.1, -0.05) is 19.3 Å². The van der Waals surface area contributed by atoms with E-state index in [4.69, 9.17) is 0 Å². The number of carbonyl (C=O) groups excluding carboxylic acids is 1. The molecule has 0 spiro atoms. The fourth-order valence-electron chi connectivity index (χ4n) is 2.37. The number of aromatic nitrogens is 2. The van der Waals surface area contributed by atoms with Gasteiger partial charge in [0.1, 0.15) is 6.04 Å². The second-order valence-electron chi connectivity index (χ2n) is 4.61. The minimum atomic E-state index is -0.397. The molecule has 1 N–H and O–H groups in total. The van der Waals surface area contributed by atoms with E-state index >= 15 is 0 Å². The van der Waals surface area contributed by atoms with Crippen LogP contribution in [-0.2, 0) is 0 Å². The van der Waals surface area contributed by atoms with Gasteiger partial charge in [0, 0.05) is 0 Å². The van der Waals surface area contributed by atoms with Gasteiger partial charge in [-0.2, -0.15) is 15.5 Å². The van der Waals surface area contributed by atoms with E-state index in [-0.39, 0.29) is 11.8 Å². The van der Waals surface area contributed by atoms with Crippen LogP contribution in [0.1, 0.15) is 42.5 Å². The first-order valence-corrected chi connectivity index (χ1v) is 6.28. The van der Waals surface area contributed by atoms with Crippen LogP contribution >= 0.6 is 0 Å². The second-order valence-corrected chi connectivity index (χ2v) is 4.61. The van der Waals surface area contributed by atoms with E-state index in [1.54, 1.807) is 6.07 Å². The first kappa shape index (κ1) is 12.5. The number of hydrogen-bond acceptors (Lipinski definition) is 4. The Bertz CT molecular complexity index is 434. The van der Waals surface area contributed by atoms with Gasteiger partial charge in [0.2, 0.25) is 0 Å². The van der Waals surface area contributed by atoms with E-state index < -0.39 is 6.04 Å². The summed E-state index contributed by atoms with van der Waals surface area (Å²) in [6, 6.07) is 3.40. The number of carbonyl (C=O) groups is 1. The van der Waals surface area contributed by atoms with Crippen molar-refractivity contribution in [3.8, 4) is 6.07 Å². The molecule has 1 aliphatic carbocycles. The summed E-state index contributed by atoms with van der Waals surface area (Å²) in [4.78, 5) is 11.9. The fourth-order valence-corrected chi connectivity index (χ4v) is 2.37. The molecule has 1 aromatic rings. The largest absolute Gasteiger partial charge is 0.336 e. The summed E-state index contributed by atoms with van der Waals surface area (Å²) in [7, 11) is 0. The Morgan fingerprint density at radius 3 is 2.78 bits per heavy atom. The Balaban J connectivity index is 1.98. The quantitative estimate of drug-likeness (QED) is 0.877. The third kappa shape index (κ3) is 3.04. The molecule has 0 aromatic carbocycles. The van der Waals surface area contributed by atoms with Crippen LogP contribution in [0.2, 0.25) is 0 Å². The highest BCUT2D eigenvalue weighted by Crippen LogP contribution is 2.26. The Morgan fingerprint density at radius 2 is 2.17 bits per heavy atom. The minimum Gasteiger partial charge on any atom is -0.336 e. The molecule has 2 rings (SSSR count). The summed E-state index contributed by atoms with van der Waals surface area (Å²) >= 11 is 0. The highest BCUT2D eigenvalue weighted by Gasteiger charge is 2.25. The third-order valence-corrected chi connectivity index (χ3v) is 3.39. The molecule has 1 fully saturated rings. The van der Waals surface area contributed by atoms with Crippen molar-refractivity contribution < 1.29 is 4.79 Å². The van der Waals surface area contributed by atoms with Crippen molar-refractivity contribution >= 4 is 5.91 Å². The van der Waals surface area contributed by atoms with Gasteiger partial charge in [0.15, 0.2) is 0 Å². The van der Waals surface area contributed by atoms with Gasteiger partial charge >= 0.3 is 0 Å². The van der Waals surface area contributed by atoms with Crippen LogP contribution in [0.4, 0.5) is 0 Å². The number of amides is 1. The third-order valence-electron chi connectivity index (χ3n) is 3.39. The molecule has 5 nitrogen and oxygen atoms in total. The summed E-state index contributed by atoms with van der Waals surface area (Å²) in [6.07, 6.45) is 8.45. The lowest BCUT2D eigenvalue weighted by Gasteiger charge is -2.26. The van der Waals surface area contributed by atoms with Crippen molar-refractivity contribution in [2.24, 2.45) is 5.92 Å². The molecular weight excluding hydrogens is 228 g/mol. The molecule has 1 unspecified atom stereocenters. The predicted octanol–water partition coefficient (Wildman–Crippen LogP) is 1.68. The van der Waals surface area contributed by atoms with Gasteiger partial charge in [-0.3, -0.25) is 4.79 Å². The van der Waals surface area contributed by atoms with Crippen LogP contribution in [0, 0.1) is 17.2 Å². The van der Waals surface area contributed by atoms with Crippen LogP contribution in [0.3, 0.4) is 0 Å². The summed E-state index contributed by atoms with van der Waals surface area (Å²) in [5.74, 6) is 0.0320. The lowest BCUT2D eigenvalue weighted by Crippen LogP contribution is -2.40. The van der Waals surface area contributed by atoms with E-state index in [0.717, 1.165) is 25.7 Å². The Kier molecular flexibility index (Phi) is 4.24. The molecule has 1 atom stereocenters. The smallest absolute Gasteiger partial charge is 0.254 e. The predicted molar refractivity (Wildman–Crippen MR) is 65.5 cm³/mol. The van der Waals surface area contributed by atoms with Gasteiger partial charge < -0.3 is 5.32 Å². The van der Waals surface area contributed by atoms with Gasteiger partial charge in [0.05, 0.1) is 24.0 Å². The van der Waals surface area contributed by atoms with Crippen LogP contribution in [0.25, 0.3) is 0 Å². The van der Waals surface area contributed by atoms with Crippen molar-refractivity contribution in [3.05, 3.63) is 24.0 Å². The Hall–Kier alpha value is -1.96. The van der Waals surface area contributed by atoms with Gasteiger partial charge in [-0.25, -0.2) is 0 Å². The van der Waals surface area contributed by atoms with Crippen molar-refractivity contribution in [1.82, 2.24) is 15.5 Å². The van der Waals surface area contributed by atoms with Crippen molar-refractivity contribution in [2.45, 2.75) is 38.1 Å². The van der Waals surface area contributed by atoms with Crippen molar-refractivity contribution in [3.63, 3.8) is 0 Å². The summed E-state index contributed by atoms with van der Waals surface area (Å²) in [5.41, 5.74) is 0.445. The molecule has 0 bridgehead atoms.